The van der Waals surface area contributed by atoms with Crippen LogP contribution >= 0.6 is 7.92 Å². The Kier molecular flexibility index (Phi) is 6.17. The summed E-state index contributed by atoms with van der Waals surface area (Å²) in [6.45, 7) is 0. The smallest absolute Gasteiger partial charge is 0.126 e. The van der Waals surface area contributed by atoms with E-state index in [4.69, 9.17) is 4.74 Å². The first kappa shape index (κ1) is 18.7. The minimum Gasteiger partial charge on any atom is -0.496 e. The van der Waals surface area contributed by atoms with Gasteiger partial charge in [0.15, 0.2) is 0 Å². The Morgan fingerprint density at radius 3 is 1.65 bits per heavy atom. The Morgan fingerprint density at radius 2 is 1.15 bits per heavy atom. The minimum atomic E-state index is -0.371. The molecule has 0 saturated carbocycles. The van der Waals surface area contributed by atoms with E-state index in [1.807, 2.05) is 0 Å². The van der Waals surface area contributed by atoms with Gasteiger partial charge in [0.05, 0.1) is 7.11 Å². The van der Waals surface area contributed by atoms with Crippen molar-refractivity contribution in [2.75, 3.05) is 7.11 Å². The lowest BCUT2D eigenvalue weighted by atomic mass is 10.0. The zero-order chi connectivity index (χ0) is 17.1. The van der Waals surface area contributed by atoms with E-state index in [9.17, 15) is 0 Å². The molecule has 4 rings (SSSR count). The van der Waals surface area contributed by atoms with Gasteiger partial charge in [-0.2, -0.15) is 0 Å². The summed E-state index contributed by atoms with van der Waals surface area (Å²) < 4.78 is 5.74. The number of para-hydroxylation sites is 1. The first-order valence-electron chi connectivity index (χ1n) is 8.89. The van der Waals surface area contributed by atoms with Crippen LogP contribution in [0, 0.1) is 0 Å². The van der Waals surface area contributed by atoms with Crippen molar-refractivity contribution in [3.05, 3.63) is 96.1 Å². The summed E-state index contributed by atoms with van der Waals surface area (Å²) in [7, 11) is 1.42. The molecular formula is C23H23BOP. The molecular weight excluding hydrogens is 334 g/mol. The van der Waals surface area contributed by atoms with Crippen molar-refractivity contribution in [1.29, 1.82) is 0 Å². The molecule has 1 heterocycles. The number of hydrogen-bond acceptors (Lipinski definition) is 1. The quantitative estimate of drug-likeness (QED) is 0.430. The van der Waals surface area contributed by atoms with Gasteiger partial charge in [0.2, 0.25) is 0 Å². The largest absolute Gasteiger partial charge is 0.496 e. The number of rotatable bonds is 4. The van der Waals surface area contributed by atoms with Crippen LogP contribution in [0.1, 0.15) is 35.3 Å². The second kappa shape index (κ2) is 8.56. The molecule has 0 aliphatic carbocycles. The van der Waals surface area contributed by atoms with Gasteiger partial charge < -0.3 is 4.74 Å². The molecule has 0 bridgehead atoms. The second-order valence-electron chi connectivity index (χ2n) is 6.51. The number of hydrogen-bond donors (Lipinski definition) is 0. The van der Waals surface area contributed by atoms with Crippen LogP contribution in [0.25, 0.3) is 0 Å². The fourth-order valence-corrected chi connectivity index (χ4v) is 7.62. The molecule has 1 aliphatic rings. The molecule has 3 aromatic carbocycles. The van der Waals surface area contributed by atoms with Crippen LogP contribution in [0.2, 0.25) is 0 Å². The Hall–Kier alpha value is -2.05. The average Bonchev–Trinajstić information content (AvgIpc) is 3.14. The molecule has 0 spiro atoms. The monoisotopic (exact) mass is 357 g/mol. The van der Waals surface area contributed by atoms with E-state index in [2.05, 4.69) is 84.9 Å². The average molecular weight is 357 g/mol. The molecule has 0 N–H and O–H groups in total. The standard InChI is InChI=1S/C23H23OP.B/c1-24-20-14-8-9-15-23(20)25-21(18-10-4-2-5-11-18)16-17-22(25)19-12-6-3-7-13-19;/h2-15,21-22H,16-17H2,1H3;/t21-,22-;/m0./s1. The maximum atomic E-state index is 5.74. The molecule has 0 amide bonds. The normalized spacial score (nSPS) is 19.7. The van der Waals surface area contributed by atoms with Crippen molar-refractivity contribution in [3.63, 3.8) is 0 Å². The molecule has 3 heteroatoms. The Labute approximate surface area is 159 Å². The zero-order valence-electron chi connectivity index (χ0n) is 15.1. The van der Waals surface area contributed by atoms with Crippen molar-refractivity contribution < 1.29 is 4.74 Å². The number of methoxy groups -OCH3 is 1. The molecule has 26 heavy (non-hydrogen) atoms. The molecule has 0 aromatic heterocycles. The van der Waals surface area contributed by atoms with Gasteiger partial charge in [0.25, 0.3) is 0 Å². The SMILES string of the molecule is COc1ccccc1P1[C@H](c2ccccc2)CC[C@H]1c1ccccc1.[B]. The summed E-state index contributed by atoms with van der Waals surface area (Å²) in [5.41, 5.74) is 4.13. The Morgan fingerprint density at radius 1 is 0.692 bits per heavy atom. The Balaban J connectivity index is 0.00000196. The predicted octanol–water partition coefficient (Wildman–Crippen LogP) is 5.70. The molecule has 0 unspecified atom stereocenters. The van der Waals surface area contributed by atoms with E-state index in [0.717, 1.165) is 5.75 Å². The maximum Gasteiger partial charge on any atom is 0.126 e. The third-order valence-electron chi connectivity index (χ3n) is 5.12. The Bertz CT molecular complexity index is 774. The van der Waals surface area contributed by atoms with Crippen molar-refractivity contribution in [2.45, 2.75) is 24.2 Å². The molecule has 1 aliphatic heterocycles. The van der Waals surface area contributed by atoms with Gasteiger partial charge in [-0.05, 0) is 30.0 Å². The minimum absolute atomic E-state index is 0. The van der Waals surface area contributed by atoms with Crippen LogP contribution in [-0.2, 0) is 0 Å². The van der Waals surface area contributed by atoms with E-state index in [0.29, 0.717) is 11.3 Å². The predicted molar refractivity (Wildman–Crippen MR) is 113 cm³/mol. The highest BCUT2D eigenvalue weighted by atomic mass is 31.1. The fourth-order valence-electron chi connectivity index (χ4n) is 3.99. The van der Waals surface area contributed by atoms with Crippen molar-refractivity contribution in [1.82, 2.24) is 0 Å². The molecule has 129 valence electrons. The first-order chi connectivity index (χ1) is 12.4. The lowest BCUT2D eigenvalue weighted by Crippen LogP contribution is -2.10. The van der Waals surface area contributed by atoms with Crippen LogP contribution in [0.4, 0.5) is 0 Å². The second-order valence-corrected chi connectivity index (χ2v) is 9.05. The highest BCUT2D eigenvalue weighted by Crippen LogP contribution is 2.70. The molecule has 1 fully saturated rings. The molecule has 2 atom stereocenters. The fraction of sp³-hybridized carbons (Fsp3) is 0.217. The molecule has 1 saturated heterocycles. The maximum absolute atomic E-state index is 5.74. The third kappa shape index (κ3) is 3.57. The molecule has 3 aromatic rings. The topological polar surface area (TPSA) is 9.23 Å². The van der Waals surface area contributed by atoms with E-state index in [1.165, 1.54) is 29.3 Å². The van der Waals surface area contributed by atoms with E-state index in [1.54, 1.807) is 7.11 Å². The highest BCUT2D eigenvalue weighted by Gasteiger charge is 2.39. The summed E-state index contributed by atoms with van der Waals surface area (Å²) in [6.07, 6.45) is 2.49. The summed E-state index contributed by atoms with van der Waals surface area (Å²) in [5.74, 6) is 1.04. The van der Waals surface area contributed by atoms with Gasteiger partial charge in [-0.3, -0.25) is 0 Å². The van der Waals surface area contributed by atoms with Crippen LogP contribution < -0.4 is 10.0 Å². The third-order valence-corrected chi connectivity index (χ3v) is 8.50. The van der Waals surface area contributed by atoms with Gasteiger partial charge in [-0.25, -0.2) is 0 Å². The highest BCUT2D eigenvalue weighted by molar-refractivity contribution is 7.66. The lowest BCUT2D eigenvalue weighted by molar-refractivity contribution is 0.418. The van der Waals surface area contributed by atoms with E-state index in [-0.39, 0.29) is 16.3 Å². The van der Waals surface area contributed by atoms with Crippen LogP contribution in [-0.4, -0.2) is 15.5 Å². The van der Waals surface area contributed by atoms with Crippen LogP contribution in [0.5, 0.6) is 5.75 Å². The number of ether oxygens (including phenoxy) is 1. The van der Waals surface area contributed by atoms with Gasteiger partial charge in [-0.15, -0.1) is 0 Å². The van der Waals surface area contributed by atoms with Crippen molar-refractivity contribution >= 4 is 21.6 Å². The molecule has 3 radical (unpaired) electrons. The molecule has 1 nitrogen and oxygen atoms in total. The van der Waals surface area contributed by atoms with Gasteiger partial charge in [-0.1, -0.05) is 86.8 Å². The lowest BCUT2D eigenvalue weighted by Gasteiger charge is -2.28. The van der Waals surface area contributed by atoms with Crippen LogP contribution in [0.15, 0.2) is 84.9 Å². The summed E-state index contributed by atoms with van der Waals surface area (Å²) in [6, 6.07) is 30.7. The van der Waals surface area contributed by atoms with E-state index >= 15 is 0 Å². The van der Waals surface area contributed by atoms with Crippen LogP contribution in [0.3, 0.4) is 0 Å². The van der Waals surface area contributed by atoms with Crippen molar-refractivity contribution in [2.24, 2.45) is 0 Å². The van der Waals surface area contributed by atoms with E-state index < -0.39 is 0 Å². The summed E-state index contributed by atoms with van der Waals surface area (Å²) >= 11 is 0. The zero-order valence-corrected chi connectivity index (χ0v) is 16.0. The van der Waals surface area contributed by atoms with Crippen molar-refractivity contribution in [3.8, 4) is 5.75 Å². The van der Waals surface area contributed by atoms with Gasteiger partial charge >= 0.3 is 0 Å². The van der Waals surface area contributed by atoms with Gasteiger partial charge in [0.1, 0.15) is 5.75 Å². The summed E-state index contributed by atoms with van der Waals surface area (Å²) in [5, 5.41) is 1.40. The number of benzene rings is 3. The summed E-state index contributed by atoms with van der Waals surface area (Å²) in [4.78, 5) is 0. The van der Waals surface area contributed by atoms with Gasteiger partial charge in [0, 0.05) is 25.0 Å². The first-order valence-corrected chi connectivity index (χ1v) is 10.4.